The Morgan fingerprint density at radius 1 is 1.22 bits per heavy atom. The highest BCUT2D eigenvalue weighted by atomic mass is 16.1. The molecule has 0 aliphatic heterocycles. The molecule has 0 atom stereocenters. The van der Waals surface area contributed by atoms with Crippen LogP contribution in [-0.2, 0) is 4.79 Å². The van der Waals surface area contributed by atoms with E-state index in [1.54, 1.807) is 0 Å². The molecule has 18 heavy (non-hydrogen) atoms. The second-order valence-corrected chi connectivity index (χ2v) is 6.12. The second-order valence-electron chi connectivity index (χ2n) is 6.12. The summed E-state index contributed by atoms with van der Waals surface area (Å²) in [6.07, 6.45) is 8.66. The van der Waals surface area contributed by atoms with E-state index in [9.17, 15) is 4.79 Å². The average molecular weight is 253 g/mol. The van der Waals surface area contributed by atoms with Crippen LogP contribution in [0.2, 0.25) is 0 Å². The van der Waals surface area contributed by atoms with Crippen molar-refractivity contribution in [2.24, 2.45) is 0 Å². The van der Waals surface area contributed by atoms with Crippen molar-refractivity contribution in [2.75, 3.05) is 27.2 Å². The lowest BCUT2D eigenvalue weighted by Crippen LogP contribution is -2.57. The molecule has 0 bridgehead atoms. The number of nitrogens with zero attached hydrogens (tertiary/aromatic N) is 1. The zero-order valence-electron chi connectivity index (χ0n) is 11.8. The predicted octanol–water partition coefficient (Wildman–Crippen LogP) is 1.12. The molecular weight excluding hydrogens is 226 g/mol. The first-order chi connectivity index (χ1) is 8.62. The van der Waals surface area contributed by atoms with Gasteiger partial charge in [0.1, 0.15) is 0 Å². The molecule has 4 nitrogen and oxygen atoms in total. The van der Waals surface area contributed by atoms with Gasteiger partial charge in [0.25, 0.3) is 0 Å². The normalized spacial score (nSPS) is 23.1. The summed E-state index contributed by atoms with van der Waals surface area (Å²) in [6.45, 7) is 1.39. The summed E-state index contributed by atoms with van der Waals surface area (Å²) in [6, 6.07) is 0.436. The molecule has 2 rings (SSSR count). The van der Waals surface area contributed by atoms with Gasteiger partial charge in [0.05, 0.1) is 6.54 Å². The van der Waals surface area contributed by atoms with Gasteiger partial charge in [-0.3, -0.25) is 4.79 Å². The van der Waals surface area contributed by atoms with E-state index in [4.69, 9.17) is 0 Å². The van der Waals surface area contributed by atoms with Crippen molar-refractivity contribution in [1.29, 1.82) is 0 Å². The van der Waals surface area contributed by atoms with E-state index in [0.717, 1.165) is 19.4 Å². The van der Waals surface area contributed by atoms with Crippen LogP contribution < -0.4 is 10.6 Å². The Kier molecular flexibility index (Phi) is 4.62. The van der Waals surface area contributed by atoms with E-state index in [0.29, 0.717) is 18.1 Å². The summed E-state index contributed by atoms with van der Waals surface area (Å²) in [5, 5.41) is 6.44. The first kappa shape index (κ1) is 13.8. The highest BCUT2D eigenvalue weighted by Crippen LogP contribution is 2.35. The van der Waals surface area contributed by atoms with Crippen LogP contribution in [0.25, 0.3) is 0 Å². The van der Waals surface area contributed by atoms with Crippen molar-refractivity contribution in [3.05, 3.63) is 0 Å². The number of likely N-dealkylation sites (N-methyl/N-ethyl adjacent to an activating group) is 1. The molecule has 2 fully saturated rings. The van der Waals surface area contributed by atoms with Crippen LogP contribution in [0.1, 0.15) is 44.9 Å². The molecule has 104 valence electrons. The van der Waals surface area contributed by atoms with Crippen molar-refractivity contribution < 1.29 is 4.79 Å². The molecule has 0 saturated heterocycles. The van der Waals surface area contributed by atoms with Gasteiger partial charge in [-0.05, 0) is 46.2 Å². The molecule has 4 heteroatoms. The number of rotatable bonds is 6. The zero-order chi connectivity index (χ0) is 13.0. The van der Waals surface area contributed by atoms with Gasteiger partial charge < -0.3 is 15.5 Å². The van der Waals surface area contributed by atoms with Crippen LogP contribution in [0, 0.1) is 0 Å². The van der Waals surface area contributed by atoms with Gasteiger partial charge in [-0.15, -0.1) is 0 Å². The fourth-order valence-corrected chi connectivity index (χ4v) is 3.12. The minimum absolute atomic E-state index is 0.162. The lowest BCUT2D eigenvalue weighted by Gasteiger charge is -2.47. The Labute approximate surface area is 110 Å². The fourth-order valence-electron chi connectivity index (χ4n) is 3.12. The summed E-state index contributed by atoms with van der Waals surface area (Å²) >= 11 is 0. The van der Waals surface area contributed by atoms with Crippen LogP contribution >= 0.6 is 0 Å². The van der Waals surface area contributed by atoms with E-state index in [-0.39, 0.29) is 5.91 Å². The van der Waals surface area contributed by atoms with Crippen LogP contribution in [0.4, 0.5) is 0 Å². The minimum atomic E-state index is 0.162. The number of carbonyl (C=O) groups is 1. The highest BCUT2D eigenvalue weighted by molar-refractivity contribution is 5.78. The third kappa shape index (κ3) is 3.23. The fraction of sp³-hybridized carbons (Fsp3) is 0.929. The van der Waals surface area contributed by atoms with Crippen molar-refractivity contribution in [3.8, 4) is 0 Å². The number of amides is 1. The Balaban J connectivity index is 1.63. The quantitative estimate of drug-likeness (QED) is 0.745. The summed E-state index contributed by atoms with van der Waals surface area (Å²) in [5.74, 6) is 0.162. The highest BCUT2D eigenvalue weighted by Gasteiger charge is 2.38. The molecule has 2 N–H and O–H groups in total. The number of nitrogens with one attached hydrogen (secondary N) is 2. The van der Waals surface area contributed by atoms with Crippen molar-refractivity contribution in [1.82, 2.24) is 15.5 Å². The topological polar surface area (TPSA) is 44.4 Å². The lowest BCUT2D eigenvalue weighted by molar-refractivity contribution is -0.121. The van der Waals surface area contributed by atoms with Gasteiger partial charge in [0.2, 0.25) is 5.91 Å². The molecule has 0 spiro atoms. The van der Waals surface area contributed by atoms with Gasteiger partial charge in [-0.1, -0.05) is 12.8 Å². The Hall–Kier alpha value is -0.610. The largest absolute Gasteiger partial charge is 0.352 e. The lowest BCUT2D eigenvalue weighted by atomic mass is 9.75. The number of hydrogen-bond acceptors (Lipinski definition) is 3. The van der Waals surface area contributed by atoms with E-state index in [1.807, 2.05) is 0 Å². The molecule has 0 radical (unpaired) electrons. The molecule has 2 saturated carbocycles. The standard InChI is InChI=1S/C14H27N3O/c1-17(2)14(8-5-9-14)11-15-10-13(18)16-12-6-3-4-7-12/h12,15H,3-11H2,1-2H3,(H,16,18). The van der Waals surface area contributed by atoms with Gasteiger partial charge in [-0.2, -0.15) is 0 Å². The van der Waals surface area contributed by atoms with E-state index in [1.165, 1.54) is 32.1 Å². The van der Waals surface area contributed by atoms with Gasteiger partial charge in [-0.25, -0.2) is 0 Å². The first-order valence-corrected chi connectivity index (χ1v) is 7.30. The van der Waals surface area contributed by atoms with Crippen molar-refractivity contribution in [2.45, 2.75) is 56.5 Å². The van der Waals surface area contributed by atoms with Gasteiger partial charge >= 0.3 is 0 Å². The summed E-state index contributed by atoms with van der Waals surface area (Å²) < 4.78 is 0. The Bertz CT molecular complexity index is 281. The molecular formula is C14H27N3O. The molecule has 0 aromatic rings. The SMILES string of the molecule is CN(C)C1(CNCC(=O)NC2CCCC2)CCC1. The van der Waals surface area contributed by atoms with Gasteiger partial charge in [0, 0.05) is 18.1 Å². The van der Waals surface area contributed by atoms with Crippen LogP contribution in [0.3, 0.4) is 0 Å². The molecule has 0 unspecified atom stereocenters. The van der Waals surface area contributed by atoms with Crippen LogP contribution in [0.5, 0.6) is 0 Å². The zero-order valence-corrected chi connectivity index (χ0v) is 11.8. The van der Waals surface area contributed by atoms with E-state index in [2.05, 4.69) is 29.6 Å². The third-order valence-electron chi connectivity index (χ3n) is 4.69. The maximum Gasteiger partial charge on any atom is 0.234 e. The number of carbonyl (C=O) groups excluding carboxylic acids is 1. The third-order valence-corrected chi connectivity index (χ3v) is 4.69. The Morgan fingerprint density at radius 3 is 2.39 bits per heavy atom. The molecule has 0 heterocycles. The molecule has 2 aliphatic rings. The second kappa shape index (κ2) is 6.02. The van der Waals surface area contributed by atoms with Crippen LogP contribution in [0.15, 0.2) is 0 Å². The average Bonchev–Trinajstić information content (AvgIpc) is 2.73. The van der Waals surface area contributed by atoms with Gasteiger partial charge in [0.15, 0.2) is 0 Å². The molecule has 1 amide bonds. The Morgan fingerprint density at radius 2 is 1.89 bits per heavy atom. The van der Waals surface area contributed by atoms with Crippen molar-refractivity contribution >= 4 is 5.91 Å². The summed E-state index contributed by atoms with van der Waals surface area (Å²) in [7, 11) is 4.28. The summed E-state index contributed by atoms with van der Waals surface area (Å²) in [5.41, 5.74) is 0.299. The van der Waals surface area contributed by atoms with Crippen LogP contribution in [-0.4, -0.2) is 49.6 Å². The molecule has 0 aromatic carbocycles. The van der Waals surface area contributed by atoms with E-state index < -0.39 is 0 Å². The first-order valence-electron chi connectivity index (χ1n) is 7.30. The number of hydrogen-bond donors (Lipinski definition) is 2. The molecule has 0 aromatic heterocycles. The summed E-state index contributed by atoms with van der Waals surface area (Å²) in [4.78, 5) is 14.1. The maximum absolute atomic E-state index is 11.8. The smallest absolute Gasteiger partial charge is 0.234 e. The van der Waals surface area contributed by atoms with Crippen molar-refractivity contribution in [3.63, 3.8) is 0 Å². The minimum Gasteiger partial charge on any atom is -0.352 e. The predicted molar refractivity (Wildman–Crippen MR) is 73.5 cm³/mol. The monoisotopic (exact) mass is 253 g/mol. The van der Waals surface area contributed by atoms with E-state index >= 15 is 0 Å². The maximum atomic E-state index is 11.8. The molecule has 2 aliphatic carbocycles.